The number of carbonyl (C=O) groups excluding carboxylic acids is 1. The number of rotatable bonds is 3. The number of aliphatic hydroxyl groups excluding tert-OH is 1. The molecule has 0 aliphatic heterocycles. The van der Waals surface area contributed by atoms with E-state index in [-0.39, 0.29) is 0 Å². The van der Waals surface area contributed by atoms with Crippen molar-refractivity contribution < 1.29 is 31.9 Å². The van der Waals surface area contributed by atoms with Crippen molar-refractivity contribution in [1.82, 2.24) is 0 Å². The van der Waals surface area contributed by atoms with E-state index in [0.29, 0.717) is 31.2 Å². The Labute approximate surface area is 99.0 Å². The van der Waals surface area contributed by atoms with Crippen molar-refractivity contribution in [3.05, 3.63) is 35.4 Å². The molecule has 1 aromatic carbocycles. The number of carbonyl (C=O) groups is 1. The highest BCUT2D eigenvalue weighted by Gasteiger charge is 2.44. The molecule has 7 heteroatoms. The summed E-state index contributed by atoms with van der Waals surface area (Å²) in [4.78, 5) is 10.6. The smallest absolute Gasteiger partial charge is 0.382 e. The number of Topliss-reactive ketones (excluding diaryl/α,β-unsaturated/α-hetero) is 1. The molecular weight excluding hydrogens is 259 g/mol. The van der Waals surface area contributed by atoms with Gasteiger partial charge in [0, 0.05) is 6.92 Å². The molecule has 18 heavy (non-hydrogen) atoms. The zero-order chi connectivity index (χ0) is 14.1. The molecule has 2 nitrogen and oxygen atoms in total. The first kappa shape index (κ1) is 14.6. The van der Waals surface area contributed by atoms with Gasteiger partial charge in [-0.25, -0.2) is 0 Å². The van der Waals surface area contributed by atoms with Crippen molar-refractivity contribution in [2.75, 3.05) is 0 Å². The molecule has 0 amide bonds. The lowest BCUT2D eigenvalue weighted by Gasteiger charge is -2.20. The molecule has 0 spiro atoms. The SMILES string of the molecule is CC(=O)C(F)(F)C(O)c1ccc(C(F)(F)F)cc1. The summed E-state index contributed by atoms with van der Waals surface area (Å²) in [5.41, 5.74) is -1.48. The van der Waals surface area contributed by atoms with Gasteiger partial charge in [-0.3, -0.25) is 4.79 Å². The average Bonchev–Trinajstić information content (AvgIpc) is 2.26. The fraction of sp³-hybridized carbons (Fsp3) is 0.364. The molecule has 1 atom stereocenters. The van der Waals surface area contributed by atoms with Crippen LogP contribution in [0.4, 0.5) is 22.0 Å². The Morgan fingerprint density at radius 1 is 1.11 bits per heavy atom. The van der Waals surface area contributed by atoms with Gasteiger partial charge in [-0.1, -0.05) is 12.1 Å². The number of alkyl halides is 5. The van der Waals surface area contributed by atoms with E-state index in [4.69, 9.17) is 0 Å². The van der Waals surface area contributed by atoms with Gasteiger partial charge in [-0.2, -0.15) is 22.0 Å². The van der Waals surface area contributed by atoms with Gasteiger partial charge in [-0.15, -0.1) is 0 Å². The number of hydrogen-bond donors (Lipinski definition) is 1. The van der Waals surface area contributed by atoms with E-state index in [1.54, 1.807) is 0 Å². The van der Waals surface area contributed by atoms with Crippen LogP contribution < -0.4 is 0 Å². The lowest BCUT2D eigenvalue weighted by atomic mass is 10.00. The first-order valence-electron chi connectivity index (χ1n) is 4.81. The van der Waals surface area contributed by atoms with E-state index in [2.05, 4.69) is 0 Å². The predicted molar refractivity (Wildman–Crippen MR) is 52.0 cm³/mol. The largest absolute Gasteiger partial charge is 0.416 e. The molecule has 0 saturated carbocycles. The van der Waals surface area contributed by atoms with E-state index >= 15 is 0 Å². The highest BCUT2D eigenvalue weighted by molar-refractivity contribution is 5.84. The monoisotopic (exact) mass is 268 g/mol. The van der Waals surface area contributed by atoms with Gasteiger partial charge in [0.1, 0.15) is 6.10 Å². The predicted octanol–water partition coefficient (Wildman–Crippen LogP) is 2.96. The second-order valence-electron chi connectivity index (χ2n) is 3.70. The summed E-state index contributed by atoms with van der Waals surface area (Å²) >= 11 is 0. The summed E-state index contributed by atoms with van der Waals surface area (Å²) in [6, 6.07) is 2.55. The highest BCUT2D eigenvalue weighted by Crippen LogP contribution is 2.34. The third-order valence-corrected chi connectivity index (χ3v) is 2.37. The van der Waals surface area contributed by atoms with Crippen LogP contribution in [0, 0.1) is 0 Å². The summed E-state index contributed by atoms with van der Waals surface area (Å²) in [5, 5.41) is 9.26. The number of halogens is 5. The Bertz CT molecular complexity index is 436. The highest BCUT2D eigenvalue weighted by atomic mass is 19.4. The quantitative estimate of drug-likeness (QED) is 0.856. The third kappa shape index (κ3) is 2.84. The molecule has 0 aliphatic rings. The van der Waals surface area contributed by atoms with Crippen LogP contribution in [0.5, 0.6) is 0 Å². The minimum Gasteiger partial charge on any atom is -0.382 e. The van der Waals surface area contributed by atoms with E-state index in [1.165, 1.54) is 0 Å². The van der Waals surface area contributed by atoms with Gasteiger partial charge < -0.3 is 5.11 Å². The van der Waals surface area contributed by atoms with Crippen molar-refractivity contribution >= 4 is 5.78 Å². The van der Waals surface area contributed by atoms with E-state index in [9.17, 15) is 31.9 Å². The molecule has 0 radical (unpaired) electrons. The van der Waals surface area contributed by atoms with Gasteiger partial charge in [0.2, 0.25) is 5.78 Å². The molecule has 0 saturated heterocycles. The Balaban J connectivity index is 3.03. The van der Waals surface area contributed by atoms with Crippen LogP contribution >= 0.6 is 0 Å². The lowest BCUT2D eigenvalue weighted by Crippen LogP contribution is -2.33. The molecule has 1 aromatic rings. The average molecular weight is 268 g/mol. The normalized spacial score (nSPS) is 14.4. The van der Waals surface area contributed by atoms with Crippen LogP contribution in [0.25, 0.3) is 0 Å². The van der Waals surface area contributed by atoms with Crippen molar-refractivity contribution in [2.45, 2.75) is 25.1 Å². The fourth-order valence-electron chi connectivity index (χ4n) is 1.26. The Morgan fingerprint density at radius 2 is 1.56 bits per heavy atom. The molecular formula is C11H9F5O2. The number of aliphatic hydroxyl groups is 1. The molecule has 0 heterocycles. The van der Waals surface area contributed by atoms with Crippen molar-refractivity contribution in [3.8, 4) is 0 Å². The number of benzene rings is 1. The summed E-state index contributed by atoms with van der Waals surface area (Å²) < 4.78 is 62.9. The van der Waals surface area contributed by atoms with Crippen molar-refractivity contribution in [2.24, 2.45) is 0 Å². The minimum absolute atomic E-state index is 0.455. The first-order valence-corrected chi connectivity index (χ1v) is 4.81. The summed E-state index contributed by atoms with van der Waals surface area (Å²) in [6.45, 7) is 0.591. The first-order chi connectivity index (χ1) is 8.06. The molecule has 0 aromatic heterocycles. The number of hydrogen-bond acceptors (Lipinski definition) is 2. The van der Waals surface area contributed by atoms with Crippen LogP contribution in [0.15, 0.2) is 24.3 Å². The lowest BCUT2D eigenvalue weighted by molar-refractivity contribution is -0.159. The molecule has 1 N–H and O–H groups in total. The zero-order valence-corrected chi connectivity index (χ0v) is 9.13. The van der Waals surface area contributed by atoms with Gasteiger partial charge in [0.05, 0.1) is 5.56 Å². The second kappa shape index (κ2) is 4.64. The standard InChI is InChI=1S/C11H9F5O2/c1-6(17)10(12,13)9(18)7-2-4-8(5-3-7)11(14,15)16/h2-5,9,18H,1H3. The Kier molecular flexibility index (Phi) is 3.75. The van der Waals surface area contributed by atoms with Crippen molar-refractivity contribution in [3.63, 3.8) is 0 Å². The van der Waals surface area contributed by atoms with Crippen LogP contribution in [0.3, 0.4) is 0 Å². The Hall–Kier alpha value is -1.50. The van der Waals surface area contributed by atoms with E-state index < -0.39 is 35.1 Å². The van der Waals surface area contributed by atoms with Gasteiger partial charge in [0.25, 0.3) is 0 Å². The molecule has 1 unspecified atom stereocenters. The minimum atomic E-state index is -4.59. The van der Waals surface area contributed by atoms with Crippen molar-refractivity contribution in [1.29, 1.82) is 0 Å². The molecule has 0 fully saturated rings. The van der Waals surface area contributed by atoms with Crippen LogP contribution in [-0.2, 0) is 11.0 Å². The van der Waals surface area contributed by atoms with E-state index in [0.717, 1.165) is 0 Å². The zero-order valence-electron chi connectivity index (χ0n) is 9.13. The maximum atomic E-state index is 13.1. The van der Waals surface area contributed by atoms with Crippen LogP contribution in [0.1, 0.15) is 24.2 Å². The Morgan fingerprint density at radius 3 is 1.89 bits per heavy atom. The van der Waals surface area contributed by atoms with E-state index in [1.807, 2.05) is 0 Å². The molecule has 0 bridgehead atoms. The molecule has 1 rings (SSSR count). The number of ketones is 1. The summed E-state index contributed by atoms with van der Waals surface area (Å²) in [6.07, 6.45) is -7.05. The topological polar surface area (TPSA) is 37.3 Å². The fourth-order valence-corrected chi connectivity index (χ4v) is 1.26. The van der Waals surface area contributed by atoms with Crippen LogP contribution in [0.2, 0.25) is 0 Å². The second-order valence-corrected chi connectivity index (χ2v) is 3.70. The molecule has 0 aliphatic carbocycles. The van der Waals surface area contributed by atoms with Crippen LogP contribution in [-0.4, -0.2) is 16.8 Å². The third-order valence-electron chi connectivity index (χ3n) is 2.37. The maximum absolute atomic E-state index is 13.1. The van der Waals surface area contributed by atoms with Gasteiger partial charge in [0.15, 0.2) is 0 Å². The van der Waals surface area contributed by atoms with Gasteiger partial charge >= 0.3 is 12.1 Å². The molecule has 100 valence electrons. The maximum Gasteiger partial charge on any atom is 0.416 e. The van der Waals surface area contributed by atoms with Gasteiger partial charge in [-0.05, 0) is 17.7 Å². The summed E-state index contributed by atoms with van der Waals surface area (Å²) in [5.74, 6) is -5.59. The summed E-state index contributed by atoms with van der Waals surface area (Å²) in [7, 11) is 0.